The van der Waals surface area contributed by atoms with E-state index in [1.165, 1.54) is 11.3 Å². The van der Waals surface area contributed by atoms with Gasteiger partial charge in [-0.25, -0.2) is 4.98 Å². The number of thiazole rings is 1. The van der Waals surface area contributed by atoms with Gasteiger partial charge in [0, 0.05) is 23.3 Å². The molecule has 3 rings (SSSR count). The summed E-state index contributed by atoms with van der Waals surface area (Å²) in [4.78, 5) is 9.49. The van der Waals surface area contributed by atoms with Crippen LogP contribution in [0, 0.1) is 13.8 Å². The molecule has 0 saturated heterocycles. The lowest BCUT2D eigenvalue weighted by Crippen LogP contribution is -2.01. The molecule has 19 heavy (non-hydrogen) atoms. The van der Waals surface area contributed by atoms with Crippen molar-refractivity contribution in [3.8, 4) is 0 Å². The van der Waals surface area contributed by atoms with Gasteiger partial charge in [-0.15, -0.1) is 11.3 Å². The maximum absolute atomic E-state index is 10.6. The predicted molar refractivity (Wildman–Crippen MR) is 77.4 cm³/mol. The highest BCUT2D eigenvalue weighted by atomic mass is 32.1. The standard InChI is InChI=1S/C15H14N2OS/c1-9-15(19-10(2)17-9)14(18)13-8-16-7-11-5-3-4-6-12(11)13/h3-8,14,18H,1-2H3. The number of fused-ring (bicyclic) bond motifs is 1. The zero-order valence-electron chi connectivity index (χ0n) is 10.8. The van der Waals surface area contributed by atoms with Gasteiger partial charge in [-0.2, -0.15) is 0 Å². The molecular formula is C15H14N2OS. The molecule has 3 aromatic rings. The second-order valence-electron chi connectivity index (χ2n) is 4.53. The van der Waals surface area contributed by atoms with E-state index in [0.29, 0.717) is 0 Å². The number of rotatable bonds is 2. The molecule has 96 valence electrons. The Kier molecular flexibility index (Phi) is 3.05. The first-order valence-corrected chi connectivity index (χ1v) is 6.93. The van der Waals surface area contributed by atoms with Crippen molar-refractivity contribution in [1.82, 2.24) is 9.97 Å². The molecule has 0 radical (unpaired) electrons. The summed E-state index contributed by atoms with van der Waals surface area (Å²) in [5.74, 6) is 0. The van der Waals surface area contributed by atoms with Crippen LogP contribution in [0.4, 0.5) is 0 Å². The molecule has 1 aromatic carbocycles. The van der Waals surface area contributed by atoms with Gasteiger partial charge in [-0.1, -0.05) is 24.3 Å². The number of aryl methyl sites for hydroxylation is 2. The van der Waals surface area contributed by atoms with Crippen LogP contribution in [0.25, 0.3) is 10.8 Å². The molecule has 0 saturated carbocycles. The second-order valence-corrected chi connectivity index (χ2v) is 5.77. The van der Waals surface area contributed by atoms with E-state index in [2.05, 4.69) is 9.97 Å². The van der Waals surface area contributed by atoms with Crippen LogP contribution < -0.4 is 0 Å². The van der Waals surface area contributed by atoms with E-state index in [9.17, 15) is 5.11 Å². The van der Waals surface area contributed by atoms with Gasteiger partial charge in [0.2, 0.25) is 0 Å². The highest BCUT2D eigenvalue weighted by Gasteiger charge is 2.19. The zero-order chi connectivity index (χ0) is 13.4. The average Bonchev–Trinajstić information content (AvgIpc) is 2.76. The van der Waals surface area contributed by atoms with Crippen molar-refractivity contribution in [1.29, 1.82) is 0 Å². The SMILES string of the molecule is Cc1nc(C)c(C(O)c2cncc3ccccc23)s1. The van der Waals surface area contributed by atoms with Gasteiger partial charge < -0.3 is 5.11 Å². The van der Waals surface area contributed by atoms with Gasteiger partial charge in [0.25, 0.3) is 0 Å². The zero-order valence-corrected chi connectivity index (χ0v) is 11.6. The van der Waals surface area contributed by atoms with E-state index in [1.807, 2.05) is 44.3 Å². The molecule has 0 aliphatic heterocycles. The molecule has 0 amide bonds. The first-order valence-electron chi connectivity index (χ1n) is 6.11. The van der Waals surface area contributed by atoms with Crippen molar-refractivity contribution in [3.63, 3.8) is 0 Å². The first-order chi connectivity index (χ1) is 9.16. The van der Waals surface area contributed by atoms with E-state index in [1.54, 1.807) is 6.20 Å². The summed E-state index contributed by atoms with van der Waals surface area (Å²) in [6, 6.07) is 7.97. The van der Waals surface area contributed by atoms with Crippen LogP contribution in [0.3, 0.4) is 0 Å². The Morgan fingerprint density at radius 2 is 1.95 bits per heavy atom. The molecule has 0 fully saturated rings. The molecular weight excluding hydrogens is 256 g/mol. The minimum absolute atomic E-state index is 0.662. The third-order valence-corrected chi connectivity index (χ3v) is 4.31. The topological polar surface area (TPSA) is 46.0 Å². The molecule has 4 heteroatoms. The van der Waals surface area contributed by atoms with Crippen LogP contribution in [0.2, 0.25) is 0 Å². The third kappa shape index (κ3) is 2.13. The van der Waals surface area contributed by atoms with Gasteiger partial charge in [0.05, 0.1) is 15.6 Å². The van der Waals surface area contributed by atoms with Crippen LogP contribution in [-0.2, 0) is 0 Å². The van der Waals surface area contributed by atoms with Gasteiger partial charge >= 0.3 is 0 Å². The molecule has 0 aliphatic carbocycles. The Morgan fingerprint density at radius 1 is 1.16 bits per heavy atom. The number of aliphatic hydroxyl groups is 1. The Morgan fingerprint density at radius 3 is 2.68 bits per heavy atom. The van der Waals surface area contributed by atoms with E-state index >= 15 is 0 Å². The van der Waals surface area contributed by atoms with Crippen LogP contribution in [-0.4, -0.2) is 15.1 Å². The lowest BCUT2D eigenvalue weighted by molar-refractivity contribution is 0.224. The van der Waals surface area contributed by atoms with Crippen LogP contribution in [0.5, 0.6) is 0 Å². The number of pyridine rings is 1. The van der Waals surface area contributed by atoms with E-state index < -0.39 is 6.10 Å². The fraction of sp³-hybridized carbons (Fsp3) is 0.200. The minimum atomic E-state index is -0.662. The summed E-state index contributed by atoms with van der Waals surface area (Å²) in [5, 5.41) is 13.7. The molecule has 3 nitrogen and oxygen atoms in total. The second kappa shape index (κ2) is 4.72. The molecule has 2 aromatic heterocycles. The van der Waals surface area contributed by atoms with Gasteiger partial charge in [-0.05, 0) is 19.2 Å². The number of hydrogen-bond donors (Lipinski definition) is 1. The third-order valence-electron chi connectivity index (χ3n) is 3.18. The van der Waals surface area contributed by atoms with Crippen molar-refractivity contribution in [2.45, 2.75) is 20.0 Å². The van der Waals surface area contributed by atoms with Crippen molar-refractivity contribution in [2.75, 3.05) is 0 Å². The van der Waals surface area contributed by atoms with Crippen molar-refractivity contribution in [3.05, 3.63) is 57.8 Å². The fourth-order valence-electron chi connectivity index (χ4n) is 2.30. The Balaban J connectivity index is 2.16. The summed E-state index contributed by atoms with van der Waals surface area (Å²) in [6.07, 6.45) is 2.89. The average molecular weight is 270 g/mol. The quantitative estimate of drug-likeness (QED) is 0.776. The van der Waals surface area contributed by atoms with Crippen molar-refractivity contribution in [2.24, 2.45) is 0 Å². The predicted octanol–water partition coefficient (Wildman–Crippen LogP) is 3.39. The Bertz CT molecular complexity index is 731. The summed E-state index contributed by atoms with van der Waals surface area (Å²) in [7, 11) is 0. The number of benzene rings is 1. The summed E-state index contributed by atoms with van der Waals surface area (Å²) < 4.78 is 0. The molecule has 0 bridgehead atoms. The monoisotopic (exact) mass is 270 g/mol. The maximum atomic E-state index is 10.6. The summed E-state index contributed by atoms with van der Waals surface area (Å²) in [5.41, 5.74) is 1.73. The Hall–Kier alpha value is -1.78. The van der Waals surface area contributed by atoms with Crippen LogP contribution in [0.1, 0.15) is 27.2 Å². The number of aromatic nitrogens is 2. The first kappa shape index (κ1) is 12.3. The van der Waals surface area contributed by atoms with Crippen LogP contribution >= 0.6 is 11.3 Å². The molecule has 0 spiro atoms. The van der Waals surface area contributed by atoms with E-state index in [4.69, 9.17) is 0 Å². The number of hydrogen-bond acceptors (Lipinski definition) is 4. The lowest BCUT2D eigenvalue weighted by atomic mass is 10.0. The Labute approximate surface area is 115 Å². The van der Waals surface area contributed by atoms with Crippen LogP contribution in [0.15, 0.2) is 36.7 Å². The molecule has 1 unspecified atom stereocenters. The molecule has 2 heterocycles. The lowest BCUT2D eigenvalue weighted by Gasteiger charge is -2.12. The summed E-state index contributed by atoms with van der Waals surface area (Å²) >= 11 is 1.54. The molecule has 0 aliphatic rings. The maximum Gasteiger partial charge on any atom is 0.117 e. The highest BCUT2D eigenvalue weighted by molar-refractivity contribution is 7.11. The minimum Gasteiger partial charge on any atom is -0.383 e. The largest absolute Gasteiger partial charge is 0.383 e. The van der Waals surface area contributed by atoms with Crippen molar-refractivity contribution >= 4 is 22.1 Å². The highest BCUT2D eigenvalue weighted by Crippen LogP contribution is 2.32. The van der Waals surface area contributed by atoms with Gasteiger partial charge in [0.15, 0.2) is 0 Å². The fourth-order valence-corrected chi connectivity index (χ4v) is 3.23. The molecule has 1 N–H and O–H groups in total. The summed E-state index contributed by atoms with van der Waals surface area (Å²) in [6.45, 7) is 3.88. The molecule has 1 atom stereocenters. The van der Waals surface area contributed by atoms with Gasteiger partial charge in [0.1, 0.15) is 6.10 Å². The number of aliphatic hydroxyl groups excluding tert-OH is 1. The number of nitrogens with zero attached hydrogens (tertiary/aromatic N) is 2. The van der Waals surface area contributed by atoms with Gasteiger partial charge in [-0.3, -0.25) is 4.98 Å². The normalized spacial score (nSPS) is 12.8. The van der Waals surface area contributed by atoms with E-state index in [0.717, 1.165) is 31.9 Å². The van der Waals surface area contributed by atoms with E-state index in [-0.39, 0.29) is 0 Å². The smallest absolute Gasteiger partial charge is 0.117 e. The van der Waals surface area contributed by atoms with Crippen molar-refractivity contribution < 1.29 is 5.11 Å².